The number of hydrogen-bond donors (Lipinski definition) is 2. The number of hydrogen-bond acceptors (Lipinski definition) is 3. The Hall–Kier alpha value is -1.30. The van der Waals surface area contributed by atoms with Crippen LogP contribution in [0.25, 0.3) is 0 Å². The number of carbonyl (C=O) groups is 2. The van der Waals surface area contributed by atoms with Crippen molar-refractivity contribution in [1.29, 1.82) is 0 Å². The molecule has 20 heavy (non-hydrogen) atoms. The number of carboxylic acids is 1. The molecule has 2 amide bonds. The lowest BCUT2D eigenvalue weighted by Crippen LogP contribution is -2.47. The Kier molecular flexibility index (Phi) is 6.78. The highest BCUT2D eigenvalue weighted by molar-refractivity contribution is 5.82. The first kappa shape index (κ1) is 16.8. The van der Waals surface area contributed by atoms with E-state index in [0.29, 0.717) is 25.5 Å². The van der Waals surface area contributed by atoms with E-state index in [1.165, 1.54) is 17.7 Å². The van der Waals surface area contributed by atoms with Crippen molar-refractivity contribution in [2.75, 3.05) is 26.8 Å². The Morgan fingerprint density at radius 3 is 2.55 bits per heavy atom. The zero-order valence-electron chi connectivity index (χ0n) is 12.6. The predicted molar refractivity (Wildman–Crippen MR) is 75.6 cm³/mol. The third-order valence-corrected chi connectivity index (χ3v) is 3.27. The van der Waals surface area contributed by atoms with Crippen molar-refractivity contribution in [3.05, 3.63) is 0 Å². The molecule has 0 saturated heterocycles. The molecular weight excluding hydrogens is 260 g/mol. The summed E-state index contributed by atoms with van der Waals surface area (Å²) in [7, 11) is 1.64. The number of amides is 2. The van der Waals surface area contributed by atoms with E-state index >= 15 is 0 Å². The summed E-state index contributed by atoms with van der Waals surface area (Å²) >= 11 is 0. The summed E-state index contributed by atoms with van der Waals surface area (Å²) in [6, 6.07) is -1.20. The molecule has 0 bridgehead atoms. The molecular formula is C14H26N2O4. The molecule has 0 radical (unpaired) electrons. The molecule has 0 aromatic rings. The molecule has 0 aliphatic heterocycles. The minimum Gasteiger partial charge on any atom is -0.480 e. The van der Waals surface area contributed by atoms with Gasteiger partial charge in [-0.15, -0.1) is 0 Å². The maximum Gasteiger partial charge on any atom is 0.326 e. The van der Waals surface area contributed by atoms with Crippen LogP contribution in [0.2, 0.25) is 0 Å². The lowest BCUT2D eigenvalue weighted by atomic mass is 10.0. The molecule has 1 unspecified atom stereocenters. The number of carboxylic acid groups (broad SMARTS) is 1. The van der Waals surface area contributed by atoms with Gasteiger partial charge in [-0.1, -0.05) is 13.8 Å². The zero-order valence-corrected chi connectivity index (χ0v) is 12.6. The molecule has 1 saturated carbocycles. The monoisotopic (exact) mass is 286 g/mol. The summed E-state index contributed by atoms with van der Waals surface area (Å²) in [5.74, 6) is -0.0782. The number of urea groups is 1. The van der Waals surface area contributed by atoms with Crippen LogP contribution in [-0.4, -0.2) is 54.9 Å². The molecule has 0 heterocycles. The van der Waals surface area contributed by atoms with E-state index in [9.17, 15) is 9.59 Å². The Morgan fingerprint density at radius 2 is 2.05 bits per heavy atom. The van der Waals surface area contributed by atoms with Crippen molar-refractivity contribution in [1.82, 2.24) is 10.2 Å². The van der Waals surface area contributed by atoms with Gasteiger partial charge in [-0.2, -0.15) is 0 Å². The molecule has 1 aliphatic rings. The summed E-state index contributed by atoms with van der Waals surface area (Å²) in [6.07, 6.45) is 2.91. The van der Waals surface area contributed by atoms with Crippen LogP contribution in [0.15, 0.2) is 0 Å². The van der Waals surface area contributed by atoms with Crippen molar-refractivity contribution in [3.8, 4) is 0 Å². The third kappa shape index (κ3) is 6.75. The maximum absolute atomic E-state index is 11.9. The van der Waals surface area contributed by atoms with Gasteiger partial charge in [0.2, 0.25) is 0 Å². The number of aliphatic carboxylic acids is 1. The van der Waals surface area contributed by atoms with Gasteiger partial charge in [0.05, 0.1) is 6.61 Å². The smallest absolute Gasteiger partial charge is 0.326 e. The quantitative estimate of drug-likeness (QED) is 0.630. The number of nitrogens with zero attached hydrogens (tertiary/aromatic N) is 1. The highest BCUT2D eigenvalue weighted by Crippen LogP contribution is 2.28. The van der Waals surface area contributed by atoms with E-state index in [1.54, 1.807) is 7.05 Å². The number of rotatable bonds is 9. The first-order valence-electron chi connectivity index (χ1n) is 7.22. The maximum atomic E-state index is 11.9. The topological polar surface area (TPSA) is 78.9 Å². The number of ether oxygens (including phenoxy) is 1. The Labute approximate surface area is 120 Å². The predicted octanol–water partition coefficient (Wildman–Crippen LogP) is 1.55. The standard InChI is InChI=1S/C14H26N2O4/c1-10(2)8-12(13(17)18)15-14(19)16(3)6-7-20-9-11-4-5-11/h10-12H,4-9H2,1-3H3,(H,15,19)(H,17,18). The highest BCUT2D eigenvalue weighted by Gasteiger charge is 2.23. The fraction of sp³-hybridized carbons (Fsp3) is 0.857. The molecule has 1 aliphatic carbocycles. The van der Waals surface area contributed by atoms with Crippen molar-refractivity contribution in [3.63, 3.8) is 0 Å². The van der Waals surface area contributed by atoms with Crippen LogP contribution in [0, 0.1) is 11.8 Å². The molecule has 0 aromatic heterocycles. The molecule has 1 fully saturated rings. The molecule has 6 heteroatoms. The van der Waals surface area contributed by atoms with E-state index in [-0.39, 0.29) is 11.9 Å². The molecule has 0 spiro atoms. The van der Waals surface area contributed by atoms with E-state index in [4.69, 9.17) is 9.84 Å². The minimum absolute atomic E-state index is 0.212. The van der Waals surface area contributed by atoms with Gasteiger partial charge < -0.3 is 20.1 Å². The first-order valence-corrected chi connectivity index (χ1v) is 7.22. The molecule has 6 nitrogen and oxygen atoms in total. The van der Waals surface area contributed by atoms with E-state index in [2.05, 4.69) is 5.32 Å². The second kappa shape index (κ2) is 8.09. The van der Waals surface area contributed by atoms with Gasteiger partial charge in [0.1, 0.15) is 6.04 Å². The zero-order chi connectivity index (χ0) is 15.1. The second-order valence-electron chi connectivity index (χ2n) is 5.91. The molecule has 1 rings (SSSR count). The SMILES string of the molecule is CC(C)CC(NC(=O)N(C)CCOCC1CC1)C(=O)O. The molecule has 116 valence electrons. The van der Waals surface area contributed by atoms with E-state index in [0.717, 1.165) is 6.61 Å². The van der Waals surface area contributed by atoms with Gasteiger partial charge >= 0.3 is 12.0 Å². The molecule has 2 N–H and O–H groups in total. The fourth-order valence-electron chi connectivity index (χ4n) is 1.79. The Balaban J connectivity index is 2.24. The molecule has 0 aromatic carbocycles. The number of carbonyl (C=O) groups excluding carboxylic acids is 1. The fourth-order valence-corrected chi connectivity index (χ4v) is 1.79. The van der Waals surface area contributed by atoms with Crippen molar-refractivity contribution < 1.29 is 19.4 Å². The van der Waals surface area contributed by atoms with Crippen LogP contribution in [0.4, 0.5) is 4.79 Å². The van der Waals surface area contributed by atoms with Crippen LogP contribution in [0.3, 0.4) is 0 Å². The summed E-state index contributed by atoms with van der Waals surface area (Å²) in [5, 5.41) is 11.6. The average Bonchev–Trinajstić information content (AvgIpc) is 3.16. The minimum atomic E-state index is -0.995. The van der Waals surface area contributed by atoms with E-state index in [1.807, 2.05) is 13.8 Å². The van der Waals surface area contributed by atoms with Gasteiger partial charge in [-0.05, 0) is 31.1 Å². The van der Waals surface area contributed by atoms with Crippen LogP contribution < -0.4 is 5.32 Å². The van der Waals surface area contributed by atoms with Crippen molar-refractivity contribution in [2.45, 2.75) is 39.2 Å². The van der Waals surface area contributed by atoms with Gasteiger partial charge in [-0.3, -0.25) is 0 Å². The highest BCUT2D eigenvalue weighted by atomic mass is 16.5. The number of nitrogens with one attached hydrogen (secondary N) is 1. The van der Waals surface area contributed by atoms with Gasteiger partial charge in [-0.25, -0.2) is 9.59 Å². The Morgan fingerprint density at radius 1 is 1.40 bits per heavy atom. The van der Waals surface area contributed by atoms with E-state index < -0.39 is 12.0 Å². The normalized spacial score (nSPS) is 16.0. The van der Waals surface area contributed by atoms with Crippen molar-refractivity contribution >= 4 is 12.0 Å². The van der Waals surface area contributed by atoms with Gasteiger partial charge in [0, 0.05) is 20.2 Å². The molecule has 1 atom stereocenters. The summed E-state index contributed by atoms with van der Waals surface area (Å²) in [6.45, 7) is 5.57. The van der Waals surface area contributed by atoms with Crippen LogP contribution in [-0.2, 0) is 9.53 Å². The third-order valence-electron chi connectivity index (χ3n) is 3.27. The lowest BCUT2D eigenvalue weighted by Gasteiger charge is -2.22. The summed E-state index contributed by atoms with van der Waals surface area (Å²) < 4.78 is 5.46. The van der Waals surface area contributed by atoms with Crippen LogP contribution >= 0.6 is 0 Å². The van der Waals surface area contributed by atoms with Crippen molar-refractivity contribution in [2.24, 2.45) is 11.8 Å². The summed E-state index contributed by atoms with van der Waals surface area (Å²) in [4.78, 5) is 24.4. The van der Waals surface area contributed by atoms with Crippen LogP contribution in [0.5, 0.6) is 0 Å². The summed E-state index contributed by atoms with van der Waals surface area (Å²) in [5.41, 5.74) is 0. The van der Waals surface area contributed by atoms with Gasteiger partial charge in [0.15, 0.2) is 0 Å². The van der Waals surface area contributed by atoms with Crippen LogP contribution in [0.1, 0.15) is 33.1 Å². The second-order valence-corrected chi connectivity index (χ2v) is 5.91. The first-order chi connectivity index (χ1) is 9.40. The van der Waals surface area contributed by atoms with Gasteiger partial charge in [0.25, 0.3) is 0 Å². The Bertz CT molecular complexity index is 329. The average molecular weight is 286 g/mol. The number of likely N-dealkylation sites (N-methyl/N-ethyl adjacent to an activating group) is 1. The lowest BCUT2D eigenvalue weighted by molar-refractivity contribution is -0.139. The largest absolute Gasteiger partial charge is 0.480 e.